The Kier molecular flexibility index (Phi) is 6.75. The maximum atomic E-state index is 12.2. The number of Topliss-reactive ketones (excluding diaryl/α,β-unsaturated/α-hetero) is 1. The molecule has 0 heterocycles. The molecule has 1 amide bonds. The van der Waals surface area contributed by atoms with Crippen molar-refractivity contribution in [3.63, 3.8) is 0 Å². The smallest absolute Gasteiger partial charge is 0.243 e. The molecule has 0 N–H and O–H groups in total. The molecule has 23 heavy (non-hydrogen) atoms. The van der Waals surface area contributed by atoms with Crippen molar-refractivity contribution in [2.45, 2.75) is 26.7 Å². The highest BCUT2D eigenvalue weighted by Gasteiger charge is 2.22. The molecule has 128 valence electrons. The van der Waals surface area contributed by atoms with Gasteiger partial charge in [-0.15, -0.1) is 0 Å². The summed E-state index contributed by atoms with van der Waals surface area (Å²) in [5.74, 6) is -0.364. The van der Waals surface area contributed by atoms with Crippen LogP contribution in [0.25, 0.3) is 0 Å². The molecular weight excluding hydrogens is 316 g/mol. The van der Waals surface area contributed by atoms with Gasteiger partial charge in [-0.1, -0.05) is 13.3 Å². The van der Waals surface area contributed by atoms with Gasteiger partial charge in [-0.2, -0.15) is 0 Å². The molecule has 0 saturated heterocycles. The van der Waals surface area contributed by atoms with Gasteiger partial charge in [-0.05, 0) is 37.6 Å². The van der Waals surface area contributed by atoms with Gasteiger partial charge in [0.25, 0.3) is 0 Å². The number of rotatable bonds is 8. The quantitative estimate of drug-likeness (QED) is 0.678. The first-order valence-electron chi connectivity index (χ1n) is 7.49. The Morgan fingerprint density at radius 3 is 2.13 bits per heavy atom. The number of unbranched alkanes of at least 4 members (excludes halogenated alkanes) is 1. The molecule has 6 nitrogen and oxygen atoms in total. The Hall–Kier alpha value is -1.89. The minimum Gasteiger partial charge on any atom is -0.344 e. The Morgan fingerprint density at radius 1 is 1.13 bits per heavy atom. The van der Waals surface area contributed by atoms with Gasteiger partial charge in [0.05, 0.1) is 11.9 Å². The molecule has 0 bridgehead atoms. The number of nitrogens with zero attached hydrogens (tertiary/aromatic N) is 2. The number of ketones is 1. The molecule has 1 aromatic rings. The predicted molar refractivity (Wildman–Crippen MR) is 91.2 cm³/mol. The highest BCUT2D eigenvalue weighted by Crippen LogP contribution is 2.18. The average Bonchev–Trinajstić information content (AvgIpc) is 2.48. The van der Waals surface area contributed by atoms with Crippen molar-refractivity contribution in [2.75, 3.05) is 30.7 Å². The number of benzene rings is 1. The Labute approximate surface area is 138 Å². The number of hydrogen-bond acceptors (Lipinski definition) is 4. The summed E-state index contributed by atoms with van der Waals surface area (Å²) in [6, 6.07) is 6.19. The molecule has 0 fully saturated rings. The van der Waals surface area contributed by atoms with Gasteiger partial charge in [0.1, 0.15) is 6.54 Å². The number of hydrogen-bond donors (Lipinski definition) is 0. The molecule has 0 aromatic heterocycles. The van der Waals surface area contributed by atoms with E-state index in [2.05, 4.69) is 0 Å². The molecule has 0 radical (unpaired) electrons. The summed E-state index contributed by atoms with van der Waals surface area (Å²) in [5, 5.41) is 0. The van der Waals surface area contributed by atoms with E-state index in [1.54, 1.807) is 19.2 Å². The van der Waals surface area contributed by atoms with Crippen molar-refractivity contribution < 1.29 is 18.0 Å². The summed E-state index contributed by atoms with van der Waals surface area (Å²) in [5.41, 5.74) is 0.864. The first-order valence-corrected chi connectivity index (χ1v) is 9.34. The lowest BCUT2D eigenvalue weighted by molar-refractivity contribution is -0.128. The van der Waals surface area contributed by atoms with E-state index in [9.17, 15) is 18.0 Å². The maximum Gasteiger partial charge on any atom is 0.243 e. The zero-order valence-corrected chi connectivity index (χ0v) is 14.9. The van der Waals surface area contributed by atoms with Crippen molar-refractivity contribution in [3.05, 3.63) is 29.8 Å². The van der Waals surface area contributed by atoms with Gasteiger partial charge in [0.15, 0.2) is 5.78 Å². The second kappa shape index (κ2) is 8.10. The van der Waals surface area contributed by atoms with Crippen LogP contribution in [-0.2, 0) is 14.8 Å². The Balaban J connectivity index is 2.98. The molecule has 7 heteroatoms. The van der Waals surface area contributed by atoms with Gasteiger partial charge in [0.2, 0.25) is 15.9 Å². The van der Waals surface area contributed by atoms with Crippen LogP contribution in [0.2, 0.25) is 0 Å². The second-order valence-electron chi connectivity index (χ2n) is 5.54. The monoisotopic (exact) mass is 340 g/mol. The Morgan fingerprint density at radius 2 is 1.70 bits per heavy atom. The summed E-state index contributed by atoms with van der Waals surface area (Å²) in [4.78, 5) is 25.1. The van der Waals surface area contributed by atoms with Crippen LogP contribution in [0.3, 0.4) is 0 Å². The topological polar surface area (TPSA) is 74.8 Å². The predicted octanol–water partition coefficient (Wildman–Crippen LogP) is 1.91. The lowest BCUT2D eigenvalue weighted by Gasteiger charge is -2.25. The highest BCUT2D eigenvalue weighted by molar-refractivity contribution is 7.92. The third kappa shape index (κ3) is 5.67. The van der Waals surface area contributed by atoms with Gasteiger partial charge in [-0.25, -0.2) is 8.42 Å². The molecule has 0 aliphatic heterocycles. The van der Waals surface area contributed by atoms with Gasteiger partial charge in [-0.3, -0.25) is 13.9 Å². The minimum absolute atomic E-state index is 0.0992. The van der Waals surface area contributed by atoms with Gasteiger partial charge < -0.3 is 4.90 Å². The van der Waals surface area contributed by atoms with Crippen molar-refractivity contribution in [2.24, 2.45) is 0 Å². The van der Waals surface area contributed by atoms with Crippen LogP contribution in [0.1, 0.15) is 37.0 Å². The first-order chi connectivity index (χ1) is 10.7. The maximum absolute atomic E-state index is 12.2. The number of sulfonamides is 1. The zero-order chi connectivity index (χ0) is 17.6. The highest BCUT2D eigenvalue weighted by atomic mass is 32.2. The zero-order valence-electron chi connectivity index (χ0n) is 14.1. The fourth-order valence-electron chi connectivity index (χ4n) is 2.03. The van der Waals surface area contributed by atoms with Crippen molar-refractivity contribution >= 4 is 27.4 Å². The van der Waals surface area contributed by atoms with E-state index in [-0.39, 0.29) is 18.2 Å². The average molecular weight is 340 g/mol. The number of carbonyl (C=O) groups excluding carboxylic acids is 2. The van der Waals surface area contributed by atoms with Crippen LogP contribution in [0.5, 0.6) is 0 Å². The van der Waals surface area contributed by atoms with Crippen LogP contribution in [0, 0.1) is 0 Å². The molecule has 1 aromatic carbocycles. The standard InChI is InChI=1S/C16H24N2O4S/c1-5-6-11-17(3)16(20)12-18(23(4,21)22)15-9-7-14(8-10-15)13(2)19/h7-10H,5-6,11-12H2,1-4H3. The molecular formula is C16H24N2O4S. The number of amides is 1. The molecule has 0 unspecified atom stereocenters. The SMILES string of the molecule is CCCCN(C)C(=O)CN(c1ccc(C(C)=O)cc1)S(C)(=O)=O. The number of likely N-dealkylation sites (N-methyl/N-ethyl adjacent to an activating group) is 1. The van der Waals surface area contributed by atoms with E-state index in [0.717, 1.165) is 23.4 Å². The molecule has 0 saturated carbocycles. The minimum atomic E-state index is -3.60. The van der Waals surface area contributed by atoms with Gasteiger partial charge in [0, 0.05) is 19.2 Å². The van der Waals surface area contributed by atoms with Crippen molar-refractivity contribution in [3.8, 4) is 0 Å². The summed E-state index contributed by atoms with van der Waals surface area (Å²) in [6.07, 6.45) is 2.89. The summed E-state index contributed by atoms with van der Waals surface area (Å²) in [7, 11) is -1.94. The first kappa shape index (κ1) is 19.2. The number of carbonyl (C=O) groups is 2. The summed E-state index contributed by atoms with van der Waals surface area (Å²) >= 11 is 0. The third-order valence-corrected chi connectivity index (χ3v) is 4.65. The largest absolute Gasteiger partial charge is 0.344 e. The van der Waals surface area contributed by atoms with Crippen LogP contribution in [0.15, 0.2) is 24.3 Å². The summed E-state index contributed by atoms with van der Waals surface area (Å²) in [6.45, 7) is 3.81. The Bertz CT molecular complexity index is 653. The molecule has 0 atom stereocenters. The lowest BCUT2D eigenvalue weighted by Crippen LogP contribution is -2.41. The third-order valence-electron chi connectivity index (χ3n) is 3.51. The van der Waals surface area contributed by atoms with Gasteiger partial charge >= 0.3 is 0 Å². The molecule has 0 aliphatic carbocycles. The second-order valence-corrected chi connectivity index (χ2v) is 7.45. The van der Waals surface area contributed by atoms with E-state index in [4.69, 9.17) is 0 Å². The van der Waals surface area contributed by atoms with Crippen LogP contribution in [-0.4, -0.2) is 51.4 Å². The molecule has 0 spiro atoms. The molecule has 0 aliphatic rings. The van der Waals surface area contributed by atoms with E-state index in [0.29, 0.717) is 17.8 Å². The fourth-order valence-corrected chi connectivity index (χ4v) is 2.88. The fraction of sp³-hybridized carbons (Fsp3) is 0.500. The van der Waals surface area contributed by atoms with E-state index in [1.165, 1.54) is 24.0 Å². The van der Waals surface area contributed by atoms with Crippen molar-refractivity contribution in [1.82, 2.24) is 4.90 Å². The van der Waals surface area contributed by atoms with Crippen LogP contribution >= 0.6 is 0 Å². The summed E-state index contributed by atoms with van der Waals surface area (Å²) < 4.78 is 25.1. The normalized spacial score (nSPS) is 11.1. The molecule has 1 rings (SSSR count). The number of anilines is 1. The van der Waals surface area contributed by atoms with E-state index >= 15 is 0 Å². The van der Waals surface area contributed by atoms with Crippen LogP contribution in [0.4, 0.5) is 5.69 Å². The van der Waals surface area contributed by atoms with E-state index in [1.807, 2.05) is 6.92 Å². The van der Waals surface area contributed by atoms with Crippen LogP contribution < -0.4 is 4.31 Å². The van der Waals surface area contributed by atoms with Crippen molar-refractivity contribution in [1.29, 1.82) is 0 Å². The van der Waals surface area contributed by atoms with E-state index < -0.39 is 10.0 Å². The lowest BCUT2D eigenvalue weighted by atomic mass is 10.1.